The van der Waals surface area contributed by atoms with Crippen molar-refractivity contribution in [3.63, 3.8) is 0 Å². The molecule has 5 heteroatoms. The average Bonchev–Trinajstić information content (AvgIpc) is 2.64. The van der Waals surface area contributed by atoms with Crippen LogP contribution in [0.25, 0.3) is 0 Å². The van der Waals surface area contributed by atoms with Gasteiger partial charge in [0.05, 0.1) is 6.42 Å². The topological polar surface area (TPSA) is 40.6 Å². The van der Waals surface area contributed by atoms with Crippen molar-refractivity contribution in [3.8, 4) is 0 Å². The van der Waals surface area contributed by atoms with Crippen molar-refractivity contribution in [1.29, 1.82) is 0 Å². The lowest BCUT2D eigenvalue weighted by molar-refractivity contribution is -0.131. The summed E-state index contributed by atoms with van der Waals surface area (Å²) in [4.78, 5) is 28.6. The number of carbonyl (C=O) groups is 2. The van der Waals surface area contributed by atoms with Gasteiger partial charge in [-0.15, -0.1) is 0 Å². The fourth-order valence-corrected chi connectivity index (χ4v) is 3.05. The summed E-state index contributed by atoms with van der Waals surface area (Å²) < 4.78 is 0. The van der Waals surface area contributed by atoms with Crippen LogP contribution in [0.3, 0.4) is 0 Å². The Morgan fingerprint density at radius 1 is 0.880 bits per heavy atom. The van der Waals surface area contributed by atoms with Crippen molar-refractivity contribution in [1.82, 2.24) is 9.80 Å². The molecule has 130 valence electrons. The maximum Gasteiger partial charge on any atom is 0.253 e. The molecule has 1 heterocycles. The molecule has 0 N–H and O–H groups in total. The number of halogens is 1. The smallest absolute Gasteiger partial charge is 0.253 e. The fourth-order valence-electron chi connectivity index (χ4n) is 2.93. The van der Waals surface area contributed by atoms with Gasteiger partial charge in [0, 0.05) is 36.8 Å². The molecule has 1 fully saturated rings. The standard InChI is InChI=1S/C20H21ClN2O2/c1-15-2-4-16(5-3-15)14-19(24)22-10-12-23(13-11-22)20(25)17-6-8-18(21)9-7-17/h2-9H,10-14H2,1H3. The van der Waals surface area contributed by atoms with E-state index in [-0.39, 0.29) is 11.8 Å². The normalized spacial score (nSPS) is 14.5. The molecular formula is C20H21ClN2O2. The van der Waals surface area contributed by atoms with Gasteiger partial charge in [-0.05, 0) is 36.8 Å². The van der Waals surface area contributed by atoms with Crippen LogP contribution in [0.15, 0.2) is 48.5 Å². The third-order valence-corrected chi connectivity index (χ3v) is 4.74. The SMILES string of the molecule is Cc1ccc(CC(=O)N2CCN(C(=O)c3ccc(Cl)cc3)CC2)cc1. The molecule has 1 aliphatic heterocycles. The predicted octanol–water partition coefficient (Wildman–Crippen LogP) is 3.18. The molecule has 25 heavy (non-hydrogen) atoms. The summed E-state index contributed by atoms with van der Waals surface area (Å²) in [6.45, 7) is 4.29. The van der Waals surface area contributed by atoms with Crippen molar-refractivity contribution < 1.29 is 9.59 Å². The van der Waals surface area contributed by atoms with E-state index in [2.05, 4.69) is 0 Å². The third kappa shape index (κ3) is 4.40. The van der Waals surface area contributed by atoms with Gasteiger partial charge in [-0.1, -0.05) is 41.4 Å². The minimum atomic E-state index is -0.0118. The largest absolute Gasteiger partial charge is 0.339 e. The summed E-state index contributed by atoms with van der Waals surface area (Å²) in [6.07, 6.45) is 0.408. The van der Waals surface area contributed by atoms with Crippen LogP contribution in [0.4, 0.5) is 0 Å². The Bertz CT molecular complexity index is 748. The molecule has 1 saturated heterocycles. The third-order valence-electron chi connectivity index (χ3n) is 4.49. The van der Waals surface area contributed by atoms with Gasteiger partial charge in [0.2, 0.25) is 5.91 Å². The first-order valence-electron chi connectivity index (χ1n) is 8.41. The predicted molar refractivity (Wildman–Crippen MR) is 98.8 cm³/mol. The van der Waals surface area contributed by atoms with Gasteiger partial charge >= 0.3 is 0 Å². The van der Waals surface area contributed by atoms with E-state index in [1.807, 2.05) is 36.1 Å². The maximum atomic E-state index is 12.5. The zero-order valence-corrected chi connectivity index (χ0v) is 15.0. The molecule has 0 radical (unpaired) electrons. The number of aryl methyl sites for hydroxylation is 1. The summed E-state index contributed by atoms with van der Waals surface area (Å²) in [7, 11) is 0. The Labute approximate surface area is 153 Å². The molecule has 4 nitrogen and oxygen atoms in total. The Morgan fingerprint density at radius 2 is 1.44 bits per heavy atom. The average molecular weight is 357 g/mol. The van der Waals surface area contributed by atoms with E-state index in [1.165, 1.54) is 5.56 Å². The molecule has 0 bridgehead atoms. The zero-order chi connectivity index (χ0) is 17.8. The van der Waals surface area contributed by atoms with Crippen molar-refractivity contribution in [2.75, 3.05) is 26.2 Å². The summed E-state index contributed by atoms with van der Waals surface area (Å²) in [6, 6.07) is 14.9. The van der Waals surface area contributed by atoms with Crippen molar-refractivity contribution in [3.05, 3.63) is 70.2 Å². The molecule has 1 aliphatic rings. The van der Waals surface area contributed by atoms with Crippen LogP contribution < -0.4 is 0 Å². The molecule has 0 unspecified atom stereocenters. The Hall–Kier alpha value is -2.33. The van der Waals surface area contributed by atoms with Crippen LogP contribution in [0.5, 0.6) is 0 Å². The van der Waals surface area contributed by atoms with Crippen LogP contribution >= 0.6 is 11.6 Å². The maximum absolute atomic E-state index is 12.5. The molecule has 0 atom stereocenters. The van der Waals surface area contributed by atoms with Crippen LogP contribution in [-0.4, -0.2) is 47.8 Å². The van der Waals surface area contributed by atoms with E-state index in [0.717, 1.165) is 5.56 Å². The van der Waals surface area contributed by atoms with E-state index >= 15 is 0 Å². The molecule has 2 aromatic rings. The zero-order valence-electron chi connectivity index (χ0n) is 14.2. The van der Waals surface area contributed by atoms with Gasteiger partial charge in [-0.2, -0.15) is 0 Å². The second-order valence-electron chi connectivity index (χ2n) is 6.34. The number of nitrogens with zero attached hydrogens (tertiary/aromatic N) is 2. The minimum Gasteiger partial charge on any atom is -0.339 e. The van der Waals surface area contributed by atoms with E-state index < -0.39 is 0 Å². The molecule has 0 spiro atoms. The van der Waals surface area contributed by atoms with E-state index in [1.54, 1.807) is 29.2 Å². The summed E-state index contributed by atoms with van der Waals surface area (Å²) in [5, 5.41) is 0.614. The second-order valence-corrected chi connectivity index (χ2v) is 6.78. The van der Waals surface area contributed by atoms with Crippen LogP contribution in [0.2, 0.25) is 5.02 Å². The Morgan fingerprint density at radius 3 is 2.04 bits per heavy atom. The summed E-state index contributed by atoms with van der Waals surface area (Å²) in [5.74, 6) is 0.102. The second kappa shape index (κ2) is 7.70. The number of piperazine rings is 1. The number of rotatable bonds is 3. The van der Waals surface area contributed by atoms with Gasteiger partial charge < -0.3 is 9.80 Å². The number of hydrogen-bond acceptors (Lipinski definition) is 2. The first kappa shape index (κ1) is 17.5. The molecule has 3 rings (SSSR count). The summed E-state index contributed by atoms with van der Waals surface area (Å²) >= 11 is 5.86. The van der Waals surface area contributed by atoms with Crippen molar-refractivity contribution >= 4 is 23.4 Å². The lowest BCUT2D eigenvalue weighted by atomic mass is 10.1. The summed E-state index contributed by atoms with van der Waals surface area (Å²) in [5.41, 5.74) is 2.84. The van der Waals surface area contributed by atoms with E-state index in [9.17, 15) is 9.59 Å². The lowest BCUT2D eigenvalue weighted by Gasteiger charge is -2.35. The van der Waals surface area contributed by atoms with Gasteiger partial charge in [0.25, 0.3) is 5.91 Å². The Kier molecular flexibility index (Phi) is 5.39. The monoisotopic (exact) mass is 356 g/mol. The molecule has 0 saturated carbocycles. The number of benzene rings is 2. The molecular weight excluding hydrogens is 336 g/mol. The Balaban J connectivity index is 1.54. The van der Waals surface area contributed by atoms with Gasteiger partial charge in [0.15, 0.2) is 0 Å². The lowest BCUT2D eigenvalue weighted by Crippen LogP contribution is -2.51. The van der Waals surface area contributed by atoms with Crippen LogP contribution in [-0.2, 0) is 11.2 Å². The highest BCUT2D eigenvalue weighted by Gasteiger charge is 2.24. The molecule has 2 amide bonds. The first-order valence-corrected chi connectivity index (χ1v) is 8.79. The number of amides is 2. The minimum absolute atomic E-state index is 0.0118. The van der Waals surface area contributed by atoms with Crippen LogP contribution in [0.1, 0.15) is 21.5 Å². The van der Waals surface area contributed by atoms with E-state index in [4.69, 9.17) is 11.6 Å². The molecule has 0 aromatic heterocycles. The number of carbonyl (C=O) groups excluding carboxylic acids is 2. The van der Waals surface area contributed by atoms with Crippen LogP contribution in [0, 0.1) is 6.92 Å². The van der Waals surface area contributed by atoms with Crippen molar-refractivity contribution in [2.45, 2.75) is 13.3 Å². The first-order chi connectivity index (χ1) is 12.0. The van der Waals surface area contributed by atoms with Crippen molar-refractivity contribution in [2.24, 2.45) is 0 Å². The van der Waals surface area contributed by atoms with E-state index in [0.29, 0.717) is 43.2 Å². The fraction of sp³-hybridized carbons (Fsp3) is 0.300. The highest BCUT2D eigenvalue weighted by molar-refractivity contribution is 6.30. The molecule has 2 aromatic carbocycles. The number of hydrogen-bond donors (Lipinski definition) is 0. The van der Waals surface area contributed by atoms with Gasteiger partial charge in [-0.3, -0.25) is 9.59 Å². The highest BCUT2D eigenvalue weighted by Crippen LogP contribution is 2.14. The molecule has 0 aliphatic carbocycles. The van der Waals surface area contributed by atoms with Gasteiger partial charge in [0.1, 0.15) is 0 Å². The van der Waals surface area contributed by atoms with Gasteiger partial charge in [-0.25, -0.2) is 0 Å². The quantitative estimate of drug-likeness (QED) is 0.847. The highest BCUT2D eigenvalue weighted by atomic mass is 35.5.